The van der Waals surface area contributed by atoms with Crippen LogP contribution in [0.1, 0.15) is 10.4 Å². The molecule has 8 nitrogen and oxygen atoms in total. The van der Waals surface area contributed by atoms with Crippen molar-refractivity contribution in [1.82, 2.24) is 0 Å². The van der Waals surface area contributed by atoms with Gasteiger partial charge < -0.3 is 33.7 Å². The molecule has 0 bridgehead atoms. The molecule has 3 aromatic carbocycles. The van der Waals surface area contributed by atoms with Gasteiger partial charge in [-0.25, -0.2) is 0 Å². The summed E-state index contributed by atoms with van der Waals surface area (Å²) in [6.45, 7) is 2.67. The van der Waals surface area contributed by atoms with Crippen molar-refractivity contribution in [3.63, 3.8) is 0 Å². The molecule has 2 unspecified atom stereocenters. The Balaban J connectivity index is 1.04. The van der Waals surface area contributed by atoms with Gasteiger partial charge in [-0.1, -0.05) is 0 Å². The number of epoxide rings is 2. The van der Waals surface area contributed by atoms with Crippen LogP contribution in [-0.4, -0.2) is 51.3 Å². The van der Waals surface area contributed by atoms with Gasteiger partial charge in [0.05, 0.1) is 13.2 Å². The third kappa shape index (κ3) is 6.63. The summed E-state index contributed by atoms with van der Waals surface area (Å²) in [5, 5.41) is 2.87. The Bertz CT molecular complexity index is 1080. The summed E-state index contributed by atoms with van der Waals surface area (Å²) in [7, 11) is 0. The Labute approximate surface area is 197 Å². The van der Waals surface area contributed by atoms with E-state index in [0.717, 1.165) is 19.0 Å². The topological polar surface area (TPSA) is 91.1 Å². The van der Waals surface area contributed by atoms with Crippen molar-refractivity contribution in [2.24, 2.45) is 0 Å². The molecule has 34 heavy (non-hydrogen) atoms. The van der Waals surface area contributed by atoms with Gasteiger partial charge >= 0.3 is 0 Å². The fourth-order valence-corrected chi connectivity index (χ4v) is 3.04. The SMILES string of the molecule is O=C(Nc1ccc(OCOc2ccc(OCC3CO3)cc2)cc1)c1ccc(OCC2CO2)cc1. The maximum Gasteiger partial charge on any atom is 0.255 e. The number of nitrogens with one attached hydrogen (secondary N) is 1. The van der Waals surface area contributed by atoms with Gasteiger partial charge in [-0.15, -0.1) is 0 Å². The molecule has 5 rings (SSSR count). The summed E-state index contributed by atoms with van der Waals surface area (Å²) >= 11 is 0. The molecule has 2 atom stereocenters. The number of benzene rings is 3. The predicted octanol–water partition coefficient (Wildman–Crippen LogP) is 3.91. The summed E-state index contributed by atoms with van der Waals surface area (Å²) in [4.78, 5) is 12.5. The highest BCUT2D eigenvalue weighted by Gasteiger charge is 2.23. The number of rotatable bonds is 12. The minimum atomic E-state index is -0.203. The van der Waals surface area contributed by atoms with Crippen molar-refractivity contribution in [2.75, 3.05) is 38.5 Å². The van der Waals surface area contributed by atoms with Crippen LogP contribution in [0.15, 0.2) is 72.8 Å². The highest BCUT2D eigenvalue weighted by molar-refractivity contribution is 6.04. The van der Waals surface area contributed by atoms with Gasteiger partial charge in [-0.05, 0) is 72.8 Å². The number of hydrogen-bond donors (Lipinski definition) is 1. The summed E-state index contributed by atoms with van der Waals surface area (Å²) in [5.41, 5.74) is 1.21. The third-order valence-corrected chi connectivity index (χ3v) is 5.18. The molecule has 2 aliphatic rings. The van der Waals surface area contributed by atoms with E-state index in [1.54, 1.807) is 48.5 Å². The number of hydrogen-bond acceptors (Lipinski definition) is 7. The van der Waals surface area contributed by atoms with Gasteiger partial charge in [0, 0.05) is 11.3 Å². The monoisotopic (exact) mass is 463 g/mol. The summed E-state index contributed by atoms with van der Waals surface area (Å²) in [6.07, 6.45) is 0.420. The predicted molar refractivity (Wildman–Crippen MR) is 124 cm³/mol. The number of carbonyl (C=O) groups excluding carboxylic acids is 1. The van der Waals surface area contributed by atoms with Crippen LogP contribution < -0.4 is 24.3 Å². The maximum absolute atomic E-state index is 12.5. The van der Waals surface area contributed by atoms with Crippen molar-refractivity contribution < 1.29 is 33.2 Å². The minimum absolute atomic E-state index is 0.0586. The summed E-state index contributed by atoms with van der Waals surface area (Å²) < 4.78 is 32.7. The van der Waals surface area contributed by atoms with Crippen LogP contribution in [0.5, 0.6) is 23.0 Å². The van der Waals surface area contributed by atoms with Crippen LogP contribution in [0.25, 0.3) is 0 Å². The van der Waals surface area contributed by atoms with Gasteiger partial charge in [0.1, 0.15) is 48.4 Å². The first-order valence-electron chi connectivity index (χ1n) is 11.1. The van der Waals surface area contributed by atoms with Gasteiger partial charge in [0.25, 0.3) is 5.91 Å². The number of amides is 1. The average Bonchev–Trinajstić information content (AvgIpc) is 3.79. The molecular formula is C26H25NO7. The smallest absolute Gasteiger partial charge is 0.255 e. The van der Waals surface area contributed by atoms with Crippen LogP contribution in [0, 0.1) is 0 Å². The second kappa shape index (κ2) is 10.5. The lowest BCUT2D eigenvalue weighted by Gasteiger charge is -2.11. The van der Waals surface area contributed by atoms with Crippen molar-refractivity contribution in [3.05, 3.63) is 78.4 Å². The lowest BCUT2D eigenvalue weighted by Crippen LogP contribution is -2.12. The van der Waals surface area contributed by atoms with E-state index < -0.39 is 0 Å². The summed E-state index contributed by atoms with van der Waals surface area (Å²) in [6, 6.07) is 21.4. The quantitative estimate of drug-likeness (QED) is 0.322. The molecule has 2 heterocycles. The zero-order valence-electron chi connectivity index (χ0n) is 18.5. The van der Waals surface area contributed by atoms with Crippen molar-refractivity contribution in [3.8, 4) is 23.0 Å². The Morgan fingerprint density at radius 1 is 0.676 bits per heavy atom. The van der Waals surface area contributed by atoms with E-state index in [1.807, 2.05) is 24.3 Å². The van der Waals surface area contributed by atoms with Gasteiger partial charge in [0.15, 0.2) is 0 Å². The van der Waals surface area contributed by atoms with Crippen LogP contribution in [0.2, 0.25) is 0 Å². The van der Waals surface area contributed by atoms with E-state index >= 15 is 0 Å². The molecule has 0 spiro atoms. The fourth-order valence-electron chi connectivity index (χ4n) is 3.04. The maximum atomic E-state index is 12.5. The molecule has 2 aliphatic heterocycles. The molecule has 0 saturated carbocycles. The molecule has 0 radical (unpaired) electrons. The zero-order chi connectivity index (χ0) is 23.2. The van der Waals surface area contributed by atoms with E-state index in [2.05, 4.69) is 5.32 Å². The third-order valence-electron chi connectivity index (χ3n) is 5.18. The average molecular weight is 463 g/mol. The van der Waals surface area contributed by atoms with E-state index in [1.165, 1.54) is 0 Å². The highest BCUT2D eigenvalue weighted by atomic mass is 16.7. The lowest BCUT2D eigenvalue weighted by atomic mass is 10.2. The highest BCUT2D eigenvalue weighted by Crippen LogP contribution is 2.21. The van der Waals surface area contributed by atoms with Crippen LogP contribution in [-0.2, 0) is 9.47 Å². The van der Waals surface area contributed by atoms with Gasteiger partial charge in [0.2, 0.25) is 6.79 Å². The standard InChI is InChI=1S/C26H25NO7/c28-26(18-1-5-20(6-2-18)29-13-24-15-31-24)27-19-3-7-22(8-4-19)33-17-34-23-11-9-21(10-12-23)30-14-25-16-32-25/h1-12,24-25H,13-17H2,(H,27,28). The molecule has 8 heteroatoms. The first-order valence-corrected chi connectivity index (χ1v) is 11.1. The lowest BCUT2D eigenvalue weighted by molar-refractivity contribution is 0.102. The number of ether oxygens (including phenoxy) is 6. The largest absolute Gasteiger partial charge is 0.491 e. The van der Waals surface area contributed by atoms with Crippen LogP contribution in [0.4, 0.5) is 5.69 Å². The first-order chi connectivity index (χ1) is 16.7. The van der Waals surface area contributed by atoms with Crippen molar-refractivity contribution in [1.29, 1.82) is 0 Å². The molecule has 2 saturated heterocycles. The van der Waals surface area contributed by atoms with Gasteiger partial charge in [-0.3, -0.25) is 4.79 Å². The van der Waals surface area contributed by atoms with Crippen LogP contribution >= 0.6 is 0 Å². The normalized spacial score (nSPS) is 18.0. The molecule has 3 aromatic rings. The van der Waals surface area contributed by atoms with E-state index in [-0.39, 0.29) is 24.9 Å². The molecule has 0 aromatic heterocycles. The Morgan fingerprint density at radius 3 is 1.56 bits per heavy atom. The molecule has 1 amide bonds. The van der Waals surface area contributed by atoms with E-state index in [9.17, 15) is 4.79 Å². The molecular weight excluding hydrogens is 438 g/mol. The Morgan fingerprint density at radius 2 is 1.09 bits per heavy atom. The zero-order valence-corrected chi connectivity index (χ0v) is 18.5. The fraction of sp³-hybridized carbons (Fsp3) is 0.269. The van der Waals surface area contributed by atoms with E-state index in [4.69, 9.17) is 28.4 Å². The minimum Gasteiger partial charge on any atom is -0.491 e. The molecule has 1 N–H and O–H groups in total. The van der Waals surface area contributed by atoms with Crippen LogP contribution in [0.3, 0.4) is 0 Å². The summed E-state index contributed by atoms with van der Waals surface area (Å²) in [5.74, 6) is 2.59. The Kier molecular flexibility index (Phi) is 6.78. The second-order valence-electron chi connectivity index (χ2n) is 7.91. The molecule has 0 aliphatic carbocycles. The van der Waals surface area contributed by atoms with Crippen molar-refractivity contribution >= 4 is 11.6 Å². The molecule has 176 valence electrons. The van der Waals surface area contributed by atoms with Gasteiger partial charge in [-0.2, -0.15) is 0 Å². The second-order valence-corrected chi connectivity index (χ2v) is 7.91. The first kappa shape index (κ1) is 22.1. The van der Waals surface area contributed by atoms with E-state index in [0.29, 0.717) is 41.7 Å². The van der Waals surface area contributed by atoms with Crippen molar-refractivity contribution in [2.45, 2.75) is 12.2 Å². The number of carbonyl (C=O) groups is 1. The number of anilines is 1. The Hall–Kier alpha value is -3.75. The molecule has 2 fully saturated rings.